The Labute approximate surface area is 150 Å². The van der Waals surface area contributed by atoms with Crippen molar-refractivity contribution in [1.82, 2.24) is 15.1 Å². The number of hydrogen-bond donors (Lipinski definition) is 1. The number of halogens is 1. The Morgan fingerprint density at radius 1 is 1.28 bits per heavy atom. The zero-order chi connectivity index (χ0) is 17.9. The zero-order valence-electron chi connectivity index (χ0n) is 13.9. The summed E-state index contributed by atoms with van der Waals surface area (Å²) in [6, 6.07) is 13.1. The second kappa shape index (κ2) is 7.03. The first-order valence-electron chi connectivity index (χ1n) is 7.76. The van der Waals surface area contributed by atoms with Crippen molar-refractivity contribution in [2.24, 2.45) is 0 Å². The zero-order valence-corrected chi connectivity index (χ0v) is 14.7. The molecule has 0 radical (unpaired) electrons. The maximum absolute atomic E-state index is 12.4. The van der Waals surface area contributed by atoms with Gasteiger partial charge in [-0.1, -0.05) is 29.8 Å². The number of amides is 1. The van der Waals surface area contributed by atoms with Gasteiger partial charge in [-0.3, -0.25) is 4.79 Å². The number of nitrogens with one attached hydrogen (secondary N) is 1. The first-order valence-corrected chi connectivity index (χ1v) is 8.14. The molecule has 3 aromatic rings. The average Bonchev–Trinajstić information content (AvgIpc) is 3.23. The van der Waals surface area contributed by atoms with E-state index >= 15 is 0 Å². The highest BCUT2D eigenvalue weighted by Crippen LogP contribution is 2.27. The number of benzene rings is 1. The molecule has 1 aromatic carbocycles. The molecule has 0 aliphatic carbocycles. The van der Waals surface area contributed by atoms with Gasteiger partial charge in [-0.25, -0.2) is 4.68 Å². The molecule has 0 aliphatic heterocycles. The number of furan rings is 1. The molecule has 7 heteroatoms. The summed E-state index contributed by atoms with van der Waals surface area (Å²) in [7, 11) is 0. The van der Waals surface area contributed by atoms with Crippen molar-refractivity contribution in [3.8, 4) is 11.6 Å². The van der Waals surface area contributed by atoms with Gasteiger partial charge in [0, 0.05) is 0 Å². The van der Waals surface area contributed by atoms with E-state index in [0.717, 1.165) is 5.69 Å². The number of ether oxygens (including phenoxy) is 1. The van der Waals surface area contributed by atoms with Crippen LogP contribution in [-0.4, -0.2) is 21.3 Å². The van der Waals surface area contributed by atoms with Crippen LogP contribution in [0, 0.1) is 0 Å². The number of carbonyl (C=O) groups excluding carboxylic acids is 1. The van der Waals surface area contributed by atoms with Crippen LogP contribution in [0.15, 0.2) is 59.3 Å². The normalized spacial score (nSPS) is 11.3. The van der Waals surface area contributed by atoms with Gasteiger partial charge in [-0.05, 0) is 38.1 Å². The molecular formula is C18H18ClN3O3. The second-order valence-electron chi connectivity index (χ2n) is 5.94. The van der Waals surface area contributed by atoms with Crippen LogP contribution in [0.3, 0.4) is 0 Å². The Hall–Kier alpha value is -2.73. The first-order chi connectivity index (χ1) is 12.0. The SMILES string of the molecule is CC(C)(Oc1nn(-c2ccccc2)cc1Cl)C(=O)NCc1ccco1. The highest BCUT2D eigenvalue weighted by atomic mass is 35.5. The smallest absolute Gasteiger partial charge is 0.264 e. The third kappa shape index (κ3) is 4.03. The first kappa shape index (κ1) is 17.1. The molecule has 0 spiro atoms. The molecule has 25 heavy (non-hydrogen) atoms. The molecule has 0 unspecified atom stereocenters. The van der Waals surface area contributed by atoms with Crippen molar-refractivity contribution in [2.45, 2.75) is 26.0 Å². The van der Waals surface area contributed by atoms with Crippen molar-refractivity contribution in [2.75, 3.05) is 0 Å². The predicted molar refractivity (Wildman–Crippen MR) is 93.8 cm³/mol. The third-order valence-corrected chi connectivity index (χ3v) is 3.82. The number of para-hydroxylation sites is 1. The van der Waals surface area contributed by atoms with Gasteiger partial charge in [0.1, 0.15) is 10.8 Å². The van der Waals surface area contributed by atoms with Crippen LogP contribution >= 0.6 is 11.6 Å². The van der Waals surface area contributed by atoms with E-state index in [-0.39, 0.29) is 18.3 Å². The number of hydrogen-bond acceptors (Lipinski definition) is 4. The van der Waals surface area contributed by atoms with E-state index in [1.165, 1.54) is 0 Å². The van der Waals surface area contributed by atoms with Gasteiger partial charge in [-0.2, -0.15) is 0 Å². The van der Waals surface area contributed by atoms with Crippen molar-refractivity contribution in [3.05, 3.63) is 65.7 Å². The van der Waals surface area contributed by atoms with Gasteiger partial charge in [0.05, 0.1) is 24.7 Å². The molecule has 130 valence electrons. The van der Waals surface area contributed by atoms with Gasteiger partial charge >= 0.3 is 0 Å². The summed E-state index contributed by atoms with van der Waals surface area (Å²) in [6.45, 7) is 3.59. The largest absolute Gasteiger partial charge is 0.467 e. The topological polar surface area (TPSA) is 69.3 Å². The molecule has 1 N–H and O–H groups in total. The van der Waals surface area contributed by atoms with Crippen molar-refractivity contribution < 1.29 is 13.9 Å². The van der Waals surface area contributed by atoms with Gasteiger partial charge in [0.2, 0.25) is 0 Å². The molecule has 0 bridgehead atoms. The van der Waals surface area contributed by atoms with Crippen LogP contribution in [0.1, 0.15) is 19.6 Å². The van der Waals surface area contributed by atoms with Crippen LogP contribution in [0.2, 0.25) is 5.02 Å². The summed E-state index contributed by atoms with van der Waals surface area (Å²) >= 11 is 6.21. The quantitative estimate of drug-likeness (QED) is 0.730. The Balaban J connectivity index is 1.70. The standard InChI is InChI=1S/C18H18ClN3O3/c1-18(2,17(23)20-11-14-9-6-10-24-14)25-16-15(19)12-22(21-16)13-7-4-3-5-8-13/h3-10,12H,11H2,1-2H3,(H,20,23). The molecule has 0 atom stereocenters. The van der Waals surface area contributed by atoms with Crippen LogP contribution in [-0.2, 0) is 11.3 Å². The number of carbonyl (C=O) groups is 1. The molecule has 0 saturated heterocycles. The van der Waals surface area contributed by atoms with E-state index < -0.39 is 5.60 Å². The lowest BCUT2D eigenvalue weighted by Crippen LogP contribution is -2.46. The van der Waals surface area contributed by atoms with Crippen LogP contribution < -0.4 is 10.1 Å². The van der Waals surface area contributed by atoms with E-state index in [9.17, 15) is 4.79 Å². The maximum atomic E-state index is 12.4. The minimum Gasteiger partial charge on any atom is -0.467 e. The summed E-state index contributed by atoms with van der Waals surface area (Å²) in [6.07, 6.45) is 3.20. The van der Waals surface area contributed by atoms with E-state index in [2.05, 4.69) is 10.4 Å². The van der Waals surface area contributed by atoms with Gasteiger partial charge < -0.3 is 14.5 Å². The molecule has 0 saturated carbocycles. The Morgan fingerprint density at radius 3 is 2.72 bits per heavy atom. The van der Waals surface area contributed by atoms with Crippen LogP contribution in [0.25, 0.3) is 5.69 Å². The fraction of sp³-hybridized carbons (Fsp3) is 0.222. The lowest BCUT2D eigenvalue weighted by atomic mass is 10.1. The minimum absolute atomic E-state index is 0.198. The number of nitrogens with zero attached hydrogens (tertiary/aromatic N) is 2. The third-order valence-electron chi connectivity index (χ3n) is 3.56. The van der Waals surface area contributed by atoms with E-state index in [4.69, 9.17) is 20.8 Å². The highest BCUT2D eigenvalue weighted by Gasteiger charge is 2.31. The number of rotatable bonds is 6. The highest BCUT2D eigenvalue weighted by molar-refractivity contribution is 6.31. The second-order valence-corrected chi connectivity index (χ2v) is 6.34. The van der Waals surface area contributed by atoms with Gasteiger partial charge in [0.15, 0.2) is 5.60 Å². The van der Waals surface area contributed by atoms with Crippen LogP contribution in [0.4, 0.5) is 0 Å². The van der Waals surface area contributed by atoms with E-state index in [0.29, 0.717) is 10.8 Å². The summed E-state index contributed by atoms with van der Waals surface area (Å²) in [5, 5.41) is 7.42. The lowest BCUT2D eigenvalue weighted by Gasteiger charge is -2.23. The Morgan fingerprint density at radius 2 is 2.04 bits per heavy atom. The Kier molecular flexibility index (Phi) is 4.81. The van der Waals surface area contributed by atoms with E-state index in [1.807, 2.05) is 30.3 Å². The molecule has 2 heterocycles. The molecule has 0 fully saturated rings. The molecule has 0 aliphatic rings. The monoisotopic (exact) mass is 359 g/mol. The maximum Gasteiger partial charge on any atom is 0.264 e. The summed E-state index contributed by atoms with van der Waals surface area (Å²) in [5.74, 6) is 0.563. The predicted octanol–water partition coefficient (Wildman–Crippen LogP) is 3.59. The van der Waals surface area contributed by atoms with E-state index in [1.54, 1.807) is 43.1 Å². The fourth-order valence-electron chi connectivity index (χ4n) is 2.20. The van der Waals surface area contributed by atoms with Crippen molar-refractivity contribution in [3.63, 3.8) is 0 Å². The molecule has 6 nitrogen and oxygen atoms in total. The van der Waals surface area contributed by atoms with Crippen molar-refractivity contribution >= 4 is 17.5 Å². The van der Waals surface area contributed by atoms with Gasteiger partial charge in [-0.15, -0.1) is 5.10 Å². The minimum atomic E-state index is -1.15. The molecule has 1 amide bonds. The Bertz CT molecular complexity index is 842. The summed E-state index contributed by atoms with van der Waals surface area (Å²) in [4.78, 5) is 12.4. The van der Waals surface area contributed by atoms with Gasteiger partial charge in [0.25, 0.3) is 11.8 Å². The van der Waals surface area contributed by atoms with Crippen LogP contribution in [0.5, 0.6) is 5.88 Å². The summed E-state index contributed by atoms with van der Waals surface area (Å²) < 4.78 is 12.6. The van der Waals surface area contributed by atoms with Crippen molar-refractivity contribution in [1.29, 1.82) is 0 Å². The molecular weight excluding hydrogens is 342 g/mol. The average molecular weight is 360 g/mol. The number of aromatic nitrogens is 2. The molecule has 3 rings (SSSR count). The molecule has 2 aromatic heterocycles. The fourth-order valence-corrected chi connectivity index (χ4v) is 2.37. The lowest BCUT2D eigenvalue weighted by molar-refractivity contribution is -0.134. The summed E-state index contributed by atoms with van der Waals surface area (Å²) in [5.41, 5.74) is -0.300.